The maximum absolute atomic E-state index is 7.66. The van der Waals surface area contributed by atoms with E-state index in [2.05, 4.69) is 268 Å². The van der Waals surface area contributed by atoms with E-state index in [1.165, 1.54) is 61.1 Å². The topological polar surface area (TPSA) is 22.9 Å². The zero-order valence-electron chi connectivity index (χ0n) is 44.9. The number of anilines is 9. The average Bonchev–Trinajstić information content (AvgIpc) is 3.74. The molecule has 364 valence electrons. The molecular formula is C68H68BN3O. The molecule has 0 atom stereocenters. The molecule has 3 aliphatic rings. The number of furan rings is 1. The SMILES string of the molecule is Cc1ccc(C)c(-c2ccc(N3c4cc(N(c5ccccc5)c5ccccc5)cc5c4B(c4cc(C(C)(C)C)ccc4N5c4ccc(C(C)(C)C)cc4)c4oc5cc6c(cc5c43)C(C)(C)CCC6(C)C)cc2)c1. The van der Waals surface area contributed by atoms with Crippen LogP contribution in [0.15, 0.2) is 174 Å². The lowest BCUT2D eigenvalue weighted by molar-refractivity contribution is 0.332. The Morgan fingerprint density at radius 3 is 1.67 bits per heavy atom. The van der Waals surface area contributed by atoms with Crippen LogP contribution in [-0.2, 0) is 21.7 Å². The first-order valence-electron chi connectivity index (χ1n) is 26.5. The van der Waals surface area contributed by atoms with Gasteiger partial charge < -0.3 is 19.1 Å². The Balaban J connectivity index is 1.22. The van der Waals surface area contributed by atoms with Crippen LogP contribution >= 0.6 is 0 Å². The van der Waals surface area contributed by atoms with Crippen LogP contribution in [0.5, 0.6) is 0 Å². The smallest absolute Gasteiger partial charge is 0.297 e. The van der Waals surface area contributed by atoms with E-state index in [1.54, 1.807) is 0 Å². The van der Waals surface area contributed by atoms with Gasteiger partial charge in [-0.3, -0.25) is 0 Å². The number of rotatable bonds is 6. The van der Waals surface area contributed by atoms with Crippen LogP contribution in [0.3, 0.4) is 0 Å². The predicted molar refractivity (Wildman–Crippen MR) is 313 cm³/mol. The number of benzene rings is 8. The standard InChI is InChI=1S/C68H68BN3O/c1-43-23-24-44(2)53(37-43)45-25-30-51(31-26-45)72-60-40-52(70(48-19-15-13-16-20-48)49-21-17-14-18-22-49)39-59-62(60)69(64-63(72)54-41-55-56(42-61(54)73-64)68(11,12)36-35-67(55,9)10)57-38-47(66(6,7)8)29-34-58(57)71(59)50-32-27-46(28-33-50)65(3,4)5/h13-34,37-42H,35-36H2,1-12H3. The molecule has 0 saturated heterocycles. The lowest BCUT2D eigenvalue weighted by atomic mass is 9.35. The molecule has 8 aromatic carbocycles. The number of hydrogen-bond acceptors (Lipinski definition) is 4. The minimum absolute atomic E-state index is 0.00220. The first-order valence-corrected chi connectivity index (χ1v) is 26.5. The number of fused-ring (bicyclic) bond motifs is 7. The van der Waals surface area contributed by atoms with Crippen LogP contribution in [-0.4, -0.2) is 6.71 Å². The minimum Gasteiger partial charge on any atom is -0.468 e. The third kappa shape index (κ3) is 7.72. The van der Waals surface area contributed by atoms with Crippen molar-refractivity contribution in [2.45, 2.75) is 118 Å². The van der Waals surface area contributed by atoms with Crippen molar-refractivity contribution in [3.05, 3.63) is 203 Å². The molecule has 0 fully saturated rings. The van der Waals surface area contributed by atoms with Gasteiger partial charge in [-0.1, -0.05) is 166 Å². The van der Waals surface area contributed by atoms with Crippen LogP contribution in [0.4, 0.5) is 51.2 Å². The molecule has 1 aromatic heterocycles. The fraction of sp³-hybridized carbons (Fsp3) is 0.265. The van der Waals surface area contributed by atoms with Crippen molar-refractivity contribution in [3.63, 3.8) is 0 Å². The summed E-state index contributed by atoms with van der Waals surface area (Å²) in [5.41, 5.74) is 24.8. The monoisotopic (exact) mass is 954 g/mol. The molecule has 0 bridgehead atoms. The second kappa shape index (κ2) is 16.6. The highest BCUT2D eigenvalue weighted by molar-refractivity contribution is 7.00. The van der Waals surface area contributed by atoms with Gasteiger partial charge in [-0.05, 0) is 177 Å². The zero-order valence-corrected chi connectivity index (χ0v) is 44.9. The molecule has 12 rings (SSSR count). The Morgan fingerprint density at radius 1 is 0.521 bits per heavy atom. The molecule has 0 amide bonds. The number of para-hydroxylation sites is 2. The van der Waals surface area contributed by atoms with Crippen molar-refractivity contribution < 1.29 is 4.42 Å². The molecule has 9 aromatic rings. The molecular weight excluding hydrogens is 886 g/mol. The predicted octanol–water partition coefficient (Wildman–Crippen LogP) is 17.2. The van der Waals surface area contributed by atoms with Gasteiger partial charge in [0, 0.05) is 45.2 Å². The van der Waals surface area contributed by atoms with E-state index < -0.39 is 0 Å². The maximum atomic E-state index is 7.66. The number of aryl methyl sites for hydroxylation is 2. The number of hydrogen-bond donors (Lipinski definition) is 0. The van der Waals surface area contributed by atoms with E-state index in [4.69, 9.17) is 4.42 Å². The highest BCUT2D eigenvalue weighted by Gasteiger charge is 2.48. The van der Waals surface area contributed by atoms with Crippen LogP contribution in [0.1, 0.15) is 115 Å². The summed E-state index contributed by atoms with van der Waals surface area (Å²) < 4.78 is 7.66. The van der Waals surface area contributed by atoms with E-state index in [0.717, 1.165) is 75.0 Å². The molecule has 5 heteroatoms. The third-order valence-corrected chi connectivity index (χ3v) is 16.6. The van der Waals surface area contributed by atoms with Gasteiger partial charge in [0.1, 0.15) is 5.58 Å². The molecule has 0 unspecified atom stereocenters. The zero-order chi connectivity index (χ0) is 50.9. The largest absolute Gasteiger partial charge is 0.468 e. The Hall–Kier alpha value is -7.24. The van der Waals surface area contributed by atoms with Crippen molar-refractivity contribution in [1.29, 1.82) is 0 Å². The first-order chi connectivity index (χ1) is 34.8. The fourth-order valence-electron chi connectivity index (χ4n) is 12.2. The molecule has 0 spiro atoms. The van der Waals surface area contributed by atoms with Crippen molar-refractivity contribution in [2.24, 2.45) is 0 Å². The van der Waals surface area contributed by atoms with Gasteiger partial charge >= 0.3 is 0 Å². The van der Waals surface area contributed by atoms with Gasteiger partial charge in [0.25, 0.3) is 6.71 Å². The molecule has 73 heavy (non-hydrogen) atoms. The van der Waals surface area contributed by atoms with Crippen LogP contribution < -0.4 is 31.3 Å². The third-order valence-electron chi connectivity index (χ3n) is 16.6. The van der Waals surface area contributed by atoms with E-state index in [-0.39, 0.29) is 28.4 Å². The molecule has 0 N–H and O–H groups in total. The molecule has 4 nitrogen and oxygen atoms in total. The normalized spacial score (nSPS) is 15.4. The quantitative estimate of drug-likeness (QED) is 0.155. The second-order valence-corrected chi connectivity index (χ2v) is 24.7. The minimum atomic E-state index is -0.200. The molecule has 2 aliphatic heterocycles. The summed E-state index contributed by atoms with van der Waals surface area (Å²) in [5, 5.41) is 1.16. The van der Waals surface area contributed by atoms with E-state index in [0.29, 0.717) is 0 Å². The Kier molecular flexibility index (Phi) is 10.7. The molecule has 0 saturated carbocycles. The van der Waals surface area contributed by atoms with Crippen molar-refractivity contribution in [3.8, 4) is 11.1 Å². The van der Waals surface area contributed by atoms with Crippen LogP contribution in [0.25, 0.3) is 22.1 Å². The summed E-state index contributed by atoms with van der Waals surface area (Å²) in [6.45, 7) is 27.8. The highest BCUT2D eigenvalue weighted by Crippen LogP contribution is 2.53. The molecule has 1 aliphatic carbocycles. The second-order valence-electron chi connectivity index (χ2n) is 24.7. The van der Waals surface area contributed by atoms with Gasteiger partial charge in [0.05, 0.1) is 17.0 Å². The first kappa shape index (κ1) is 46.8. The maximum Gasteiger partial charge on any atom is 0.297 e. The lowest BCUT2D eigenvalue weighted by Crippen LogP contribution is -2.61. The van der Waals surface area contributed by atoms with Gasteiger partial charge in [0.15, 0.2) is 0 Å². The fourth-order valence-corrected chi connectivity index (χ4v) is 12.2. The average molecular weight is 954 g/mol. The van der Waals surface area contributed by atoms with Crippen molar-refractivity contribution >= 4 is 85.5 Å². The summed E-state index contributed by atoms with van der Waals surface area (Å²) >= 11 is 0. The number of nitrogens with zero attached hydrogens (tertiary/aromatic N) is 3. The highest BCUT2D eigenvalue weighted by atomic mass is 16.3. The Morgan fingerprint density at radius 2 is 1.07 bits per heavy atom. The van der Waals surface area contributed by atoms with Crippen molar-refractivity contribution in [1.82, 2.24) is 0 Å². The van der Waals surface area contributed by atoms with E-state index >= 15 is 0 Å². The van der Waals surface area contributed by atoms with Gasteiger partial charge in [-0.15, -0.1) is 0 Å². The summed E-state index contributed by atoms with van der Waals surface area (Å²) in [5.74, 6) is 0. The van der Waals surface area contributed by atoms with Gasteiger partial charge in [0.2, 0.25) is 0 Å². The van der Waals surface area contributed by atoms with Gasteiger partial charge in [-0.2, -0.15) is 0 Å². The molecule has 0 radical (unpaired) electrons. The van der Waals surface area contributed by atoms with E-state index in [9.17, 15) is 0 Å². The molecule has 3 heterocycles. The summed E-state index contributed by atoms with van der Waals surface area (Å²) in [6, 6.07) is 64.2. The lowest BCUT2D eigenvalue weighted by Gasteiger charge is -2.44. The van der Waals surface area contributed by atoms with E-state index in [1.807, 2.05) is 0 Å². The Bertz CT molecular complexity index is 3570. The summed E-state index contributed by atoms with van der Waals surface area (Å²) in [7, 11) is 0. The summed E-state index contributed by atoms with van der Waals surface area (Å²) in [4.78, 5) is 7.53. The van der Waals surface area contributed by atoms with Gasteiger partial charge in [-0.25, -0.2) is 0 Å². The van der Waals surface area contributed by atoms with Crippen molar-refractivity contribution in [2.75, 3.05) is 14.7 Å². The Labute approximate surface area is 434 Å². The van der Waals surface area contributed by atoms with Crippen LogP contribution in [0.2, 0.25) is 0 Å². The summed E-state index contributed by atoms with van der Waals surface area (Å²) in [6.07, 6.45) is 2.26. The van der Waals surface area contributed by atoms with Crippen LogP contribution in [0, 0.1) is 13.8 Å².